The first-order valence-corrected chi connectivity index (χ1v) is 5.28. The largest absolute Gasteiger partial charge is 0.392 e. The predicted molar refractivity (Wildman–Crippen MR) is 56.0 cm³/mol. The van der Waals surface area contributed by atoms with E-state index in [4.69, 9.17) is 9.84 Å². The normalized spacial score (nSPS) is 16.6. The first-order chi connectivity index (χ1) is 7.68. The quantitative estimate of drug-likeness (QED) is 0.652. The molecule has 2 rings (SSSR count). The van der Waals surface area contributed by atoms with E-state index in [1.54, 1.807) is 6.92 Å². The van der Waals surface area contributed by atoms with Gasteiger partial charge < -0.3 is 15.2 Å². The van der Waals surface area contributed by atoms with Gasteiger partial charge in [0.1, 0.15) is 0 Å². The molecule has 0 spiro atoms. The van der Waals surface area contributed by atoms with Crippen LogP contribution in [-0.4, -0.2) is 40.5 Å². The molecule has 0 fully saturated rings. The maximum atomic E-state index is 11.7. The lowest BCUT2D eigenvalue weighted by Crippen LogP contribution is -2.31. The summed E-state index contributed by atoms with van der Waals surface area (Å²) in [6, 6.07) is 0. The number of rotatable bonds is 3. The van der Waals surface area contributed by atoms with Crippen LogP contribution in [0.1, 0.15) is 28.7 Å². The van der Waals surface area contributed by atoms with Gasteiger partial charge in [0.25, 0.3) is 5.91 Å². The van der Waals surface area contributed by atoms with Crippen molar-refractivity contribution < 1.29 is 14.6 Å². The van der Waals surface area contributed by atoms with Crippen LogP contribution in [0.25, 0.3) is 0 Å². The summed E-state index contributed by atoms with van der Waals surface area (Å²) in [5, 5.41) is 18.5. The van der Waals surface area contributed by atoms with Gasteiger partial charge in [-0.05, 0) is 6.92 Å². The van der Waals surface area contributed by atoms with Crippen LogP contribution < -0.4 is 5.32 Å². The van der Waals surface area contributed by atoms with E-state index in [9.17, 15) is 4.79 Å². The molecule has 1 aliphatic rings. The van der Waals surface area contributed by atoms with Crippen molar-refractivity contribution in [3.63, 3.8) is 0 Å². The number of amides is 1. The maximum absolute atomic E-state index is 11.7. The van der Waals surface area contributed by atoms with Crippen molar-refractivity contribution in [1.82, 2.24) is 15.5 Å². The highest BCUT2D eigenvalue weighted by atomic mass is 16.5. The van der Waals surface area contributed by atoms with Crippen LogP contribution in [0, 0.1) is 0 Å². The van der Waals surface area contributed by atoms with E-state index in [1.807, 2.05) is 0 Å². The van der Waals surface area contributed by atoms with Gasteiger partial charge in [-0.3, -0.25) is 9.89 Å². The summed E-state index contributed by atoms with van der Waals surface area (Å²) in [6.45, 7) is 2.91. The molecule has 1 atom stereocenters. The van der Waals surface area contributed by atoms with E-state index in [2.05, 4.69) is 15.5 Å². The number of carbonyl (C=O) groups excluding carboxylic acids is 1. The third kappa shape index (κ3) is 2.23. The Morgan fingerprint density at radius 2 is 2.56 bits per heavy atom. The van der Waals surface area contributed by atoms with Crippen LogP contribution in [0.15, 0.2) is 0 Å². The molecule has 1 aromatic heterocycles. The fourth-order valence-electron chi connectivity index (χ4n) is 1.62. The van der Waals surface area contributed by atoms with Crippen molar-refractivity contribution in [2.24, 2.45) is 0 Å². The number of hydrogen-bond donors (Lipinski definition) is 3. The second-order valence-corrected chi connectivity index (χ2v) is 3.89. The smallest absolute Gasteiger partial charge is 0.272 e. The standard InChI is InChI=1S/C10H15N3O3/c1-6(14)4-11-10(15)9-7-5-16-3-2-8(7)12-13-9/h6,14H,2-5H2,1H3,(H,11,15)(H,12,13). The van der Waals surface area contributed by atoms with Gasteiger partial charge in [-0.2, -0.15) is 5.10 Å². The van der Waals surface area contributed by atoms with Crippen molar-refractivity contribution in [3.05, 3.63) is 17.0 Å². The molecule has 0 bridgehead atoms. The fourth-order valence-corrected chi connectivity index (χ4v) is 1.62. The summed E-state index contributed by atoms with van der Waals surface area (Å²) in [7, 11) is 0. The number of aromatic amines is 1. The second-order valence-electron chi connectivity index (χ2n) is 3.89. The number of aliphatic hydroxyl groups is 1. The molecule has 0 aromatic carbocycles. The summed E-state index contributed by atoms with van der Waals surface area (Å²) in [5.74, 6) is -0.274. The summed E-state index contributed by atoms with van der Waals surface area (Å²) in [4.78, 5) is 11.7. The Hall–Kier alpha value is -1.40. The number of fused-ring (bicyclic) bond motifs is 1. The van der Waals surface area contributed by atoms with Crippen molar-refractivity contribution >= 4 is 5.91 Å². The average molecular weight is 225 g/mol. The number of H-pyrrole nitrogens is 1. The number of nitrogens with zero attached hydrogens (tertiary/aromatic N) is 1. The molecular weight excluding hydrogens is 210 g/mol. The minimum Gasteiger partial charge on any atom is -0.392 e. The third-order valence-corrected chi connectivity index (χ3v) is 2.47. The van der Waals surface area contributed by atoms with Gasteiger partial charge >= 0.3 is 0 Å². The molecule has 0 aliphatic carbocycles. The van der Waals surface area contributed by atoms with Gasteiger partial charge in [0.2, 0.25) is 0 Å². The molecule has 1 aromatic rings. The van der Waals surface area contributed by atoms with Gasteiger partial charge in [0, 0.05) is 24.2 Å². The Balaban J connectivity index is 2.08. The maximum Gasteiger partial charge on any atom is 0.272 e. The highest BCUT2D eigenvalue weighted by Gasteiger charge is 2.21. The molecule has 88 valence electrons. The van der Waals surface area contributed by atoms with Gasteiger partial charge in [-0.1, -0.05) is 0 Å². The molecule has 6 nitrogen and oxygen atoms in total. The minimum absolute atomic E-state index is 0.224. The van der Waals surface area contributed by atoms with E-state index in [-0.39, 0.29) is 12.5 Å². The lowest BCUT2D eigenvalue weighted by Gasteiger charge is -2.12. The van der Waals surface area contributed by atoms with Crippen LogP contribution >= 0.6 is 0 Å². The van der Waals surface area contributed by atoms with Gasteiger partial charge in [0.05, 0.1) is 19.3 Å². The Morgan fingerprint density at radius 1 is 1.75 bits per heavy atom. The molecular formula is C10H15N3O3. The van der Waals surface area contributed by atoms with Crippen LogP contribution in [-0.2, 0) is 17.8 Å². The van der Waals surface area contributed by atoms with E-state index in [0.29, 0.717) is 18.9 Å². The lowest BCUT2D eigenvalue weighted by molar-refractivity contribution is 0.0899. The van der Waals surface area contributed by atoms with Crippen molar-refractivity contribution in [3.8, 4) is 0 Å². The van der Waals surface area contributed by atoms with Crippen LogP contribution in [0.2, 0.25) is 0 Å². The first-order valence-electron chi connectivity index (χ1n) is 5.28. The fraction of sp³-hybridized carbons (Fsp3) is 0.600. The molecule has 3 N–H and O–H groups in total. The van der Waals surface area contributed by atoms with E-state index >= 15 is 0 Å². The number of ether oxygens (including phenoxy) is 1. The number of nitrogens with one attached hydrogen (secondary N) is 2. The summed E-state index contributed by atoms with van der Waals surface area (Å²) in [5.41, 5.74) is 2.16. The Bertz CT molecular complexity index is 387. The summed E-state index contributed by atoms with van der Waals surface area (Å²) >= 11 is 0. The van der Waals surface area contributed by atoms with Gasteiger partial charge in [0.15, 0.2) is 5.69 Å². The topological polar surface area (TPSA) is 87.2 Å². The van der Waals surface area contributed by atoms with Gasteiger partial charge in [-0.25, -0.2) is 0 Å². The summed E-state index contributed by atoms with van der Waals surface area (Å²) in [6.07, 6.45) is 0.196. The number of hydrogen-bond acceptors (Lipinski definition) is 4. The van der Waals surface area contributed by atoms with E-state index < -0.39 is 6.10 Å². The second kappa shape index (κ2) is 4.63. The SMILES string of the molecule is CC(O)CNC(=O)c1n[nH]c2c1COCC2. The lowest BCUT2D eigenvalue weighted by atomic mass is 10.1. The molecule has 1 aliphatic heterocycles. The highest BCUT2D eigenvalue weighted by molar-refractivity contribution is 5.93. The molecule has 0 saturated heterocycles. The molecule has 16 heavy (non-hydrogen) atoms. The van der Waals surface area contributed by atoms with E-state index in [0.717, 1.165) is 17.7 Å². The highest BCUT2D eigenvalue weighted by Crippen LogP contribution is 2.17. The summed E-state index contributed by atoms with van der Waals surface area (Å²) < 4.78 is 5.28. The predicted octanol–water partition coefficient (Wildman–Crippen LogP) is -0.407. The molecule has 0 saturated carbocycles. The zero-order chi connectivity index (χ0) is 11.5. The number of aromatic nitrogens is 2. The van der Waals surface area contributed by atoms with Crippen molar-refractivity contribution in [2.45, 2.75) is 26.1 Å². The Labute approximate surface area is 93.0 Å². The monoisotopic (exact) mass is 225 g/mol. The Kier molecular flexibility index (Phi) is 3.21. The van der Waals surface area contributed by atoms with Crippen LogP contribution in [0.4, 0.5) is 0 Å². The van der Waals surface area contributed by atoms with Gasteiger partial charge in [-0.15, -0.1) is 0 Å². The Morgan fingerprint density at radius 3 is 3.31 bits per heavy atom. The number of aliphatic hydroxyl groups excluding tert-OH is 1. The van der Waals surface area contributed by atoms with Crippen LogP contribution in [0.3, 0.4) is 0 Å². The van der Waals surface area contributed by atoms with Crippen molar-refractivity contribution in [1.29, 1.82) is 0 Å². The molecule has 0 radical (unpaired) electrons. The molecule has 2 heterocycles. The average Bonchev–Trinajstić information content (AvgIpc) is 2.69. The number of carbonyl (C=O) groups is 1. The first kappa shape index (κ1) is 11.1. The third-order valence-electron chi connectivity index (χ3n) is 2.47. The van der Waals surface area contributed by atoms with Crippen LogP contribution in [0.5, 0.6) is 0 Å². The molecule has 1 amide bonds. The van der Waals surface area contributed by atoms with Crippen molar-refractivity contribution in [2.75, 3.05) is 13.2 Å². The zero-order valence-corrected chi connectivity index (χ0v) is 9.12. The molecule has 1 unspecified atom stereocenters. The zero-order valence-electron chi connectivity index (χ0n) is 9.12. The van der Waals surface area contributed by atoms with E-state index in [1.165, 1.54) is 0 Å². The molecule has 6 heteroatoms. The minimum atomic E-state index is -0.560.